The van der Waals surface area contributed by atoms with E-state index >= 15 is 0 Å². The van der Waals surface area contributed by atoms with Crippen LogP contribution in [0.4, 0.5) is 0 Å². The van der Waals surface area contributed by atoms with Crippen LogP contribution in [0.1, 0.15) is 79.4 Å². The van der Waals surface area contributed by atoms with Crippen molar-refractivity contribution in [2.24, 2.45) is 11.1 Å². The predicted octanol–water partition coefficient (Wildman–Crippen LogP) is 7.16. The summed E-state index contributed by atoms with van der Waals surface area (Å²) in [5.41, 5.74) is 5.02. The predicted molar refractivity (Wildman–Crippen MR) is 154 cm³/mol. The summed E-state index contributed by atoms with van der Waals surface area (Å²) >= 11 is 0. The molecule has 0 spiro atoms. The van der Waals surface area contributed by atoms with Crippen LogP contribution in [-0.4, -0.2) is 27.8 Å². The van der Waals surface area contributed by atoms with Crippen LogP contribution in [0.25, 0.3) is 21.8 Å². The average molecular weight is 523 g/mol. The molecule has 1 aromatic heterocycles. The molecule has 1 saturated carbocycles. The Bertz CT molecular complexity index is 1610. The van der Waals surface area contributed by atoms with E-state index in [1.165, 1.54) is 13.3 Å². The quantitative estimate of drug-likeness (QED) is 0.106. The molecule has 0 atom stereocenters. The Hall–Kier alpha value is -4.06. The minimum Gasteiger partial charge on any atom is -0.341 e. The van der Waals surface area contributed by atoms with Crippen LogP contribution in [0.2, 0.25) is 0 Å². The van der Waals surface area contributed by atoms with Gasteiger partial charge in [0.25, 0.3) is 0 Å². The summed E-state index contributed by atoms with van der Waals surface area (Å²) in [7, 11) is 0. The summed E-state index contributed by atoms with van der Waals surface area (Å²) in [6.07, 6.45) is 5.96. The average Bonchev–Trinajstić information content (AvgIpc) is 3.25. The highest BCUT2D eigenvalue weighted by atomic mass is 16.7. The number of ketones is 2. The van der Waals surface area contributed by atoms with Gasteiger partial charge in [0.2, 0.25) is 0 Å². The summed E-state index contributed by atoms with van der Waals surface area (Å²) in [5, 5.41) is 5.88. The van der Waals surface area contributed by atoms with Gasteiger partial charge in [0.1, 0.15) is 0 Å². The Morgan fingerprint density at radius 2 is 1.54 bits per heavy atom. The van der Waals surface area contributed by atoms with E-state index in [1.807, 2.05) is 67.6 Å². The number of fused-ring (bicyclic) bond motifs is 3. The first kappa shape index (κ1) is 26.5. The third kappa shape index (κ3) is 5.42. The zero-order valence-corrected chi connectivity index (χ0v) is 22.8. The van der Waals surface area contributed by atoms with Gasteiger partial charge in [-0.3, -0.25) is 9.59 Å². The Labute approximate surface area is 228 Å². The van der Waals surface area contributed by atoms with Crippen molar-refractivity contribution in [2.45, 2.75) is 65.8 Å². The number of hydrogen-bond donors (Lipinski definition) is 0. The van der Waals surface area contributed by atoms with Gasteiger partial charge in [0, 0.05) is 58.4 Å². The number of carbonyl (C=O) groups excluding carboxylic acids is 3. The molecule has 1 heterocycles. The highest BCUT2D eigenvalue weighted by Crippen LogP contribution is 2.32. The summed E-state index contributed by atoms with van der Waals surface area (Å²) in [4.78, 5) is 43.4. The van der Waals surface area contributed by atoms with E-state index < -0.39 is 5.97 Å². The smallest absolute Gasteiger partial charge is 0.332 e. The number of hydrogen-bond acceptors (Lipinski definition) is 5. The van der Waals surface area contributed by atoms with Gasteiger partial charge in [0.05, 0.1) is 0 Å². The van der Waals surface area contributed by atoms with E-state index in [-0.39, 0.29) is 17.3 Å². The third-order valence-electron chi connectivity index (χ3n) is 7.83. The SMILES string of the molecule is CCn1c2ccc(C(=O)c3ccccc3C)cc2c2cc(C(=NOC(C)=O)C(=O)CC3CCCCC3)ccc21. The van der Waals surface area contributed by atoms with Gasteiger partial charge >= 0.3 is 5.97 Å². The van der Waals surface area contributed by atoms with Crippen molar-refractivity contribution >= 4 is 45.1 Å². The van der Waals surface area contributed by atoms with Crippen LogP contribution in [0.3, 0.4) is 0 Å². The Morgan fingerprint density at radius 1 is 0.897 bits per heavy atom. The van der Waals surface area contributed by atoms with Crippen LogP contribution in [0.15, 0.2) is 65.8 Å². The van der Waals surface area contributed by atoms with E-state index in [0.29, 0.717) is 29.0 Å². The molecule has 0 radical (unpaired) electrons. The molecule has 1 aliphatic rings. The molecular formula is C33H34N2O4. The summed E-state index contributed by atoms with van der Waals surface area (Å²) < 4.78 is 2.20. The fourth-order valence-corrected chi connectivity index (χ4v) is 5.84. The normalized spacial score (nSPS) is 14.6. The van der Waals surface area contributed by atoms with Crippen molar-refractivity contribution in [1.29, 1.82) is 0 Å². The van der Waals surface area contributed by atoms with Gasteiger partial charge < -0.3 is 9.40 Å². The number of Topliss-reactive ketones (excluding diaryl/α,β-unsaturated/α-hetero) is 1. The fourth-order valence-electron chi connectivity index (χ4n) is 5.84. The summed E-state index contributed by atoms with van der Waals surface area (Å²) in [6.45, 7) is 6.05. The van der Waals surface area contributed by atoms with Crippen molar-refractivity contribution < 1.29 is 19.2 Å². The lowest BCUT2D eigenvalue weighted by Gasteiger charge is -2.20. The lowest BCUT2D eigenvalue weighted by molar-refractivity contribution is -0.140. The minimum absolute atomic E-state index is 0.0247. The van der Waals surface area contributed by atoms with Gasteiger partial charge in [0.15, 0.2) is 17.3 Å². The first-order valence-corrected chi connectivity index (χ1v) is 13.8. The second-order valence-corrected chi connectivity index (χ2v) is 10.5. The zero-order valence-electron chi connectivity index (χ0n) is 22.8. The van der Waals surface area contributed by atoms with Gasteiger partial charge in [-0.1, -0.05) is 67.6 Å². The van der Waals surface area contributed by atoms with Crippen LogP contribution in [0.5, 0.6) is 0 Å². The molecule has 0 aliphatic heterocycles. The molecule has 6 heteroatoms. The summed E-state index contributed by atoms with van der Waals surface area (Å²) in [5.74, 6) is -0.379. The van der Waals surface area contributed by atoms with E-state index in [4.69, 9.17) is 4.84 Å². The first-order chi connectivity index (χ1) is 18.9. The molecule has 39 heavy (non-hydrogen) atoms. The van der Waals surface area contributed by atoms with Crippen LogP contribution >= 0.6 is 0 Å². The minimum atomic E-state index is -0.569. The van der Waals surface area contributed by atoms with E-state index in [9.17, 15) is 14.4 Å². The maximum atomic E-state index is 13.4. The monoisotopic (exact) mass is 522 g/mol. The molecule has 4 aromatic rings. The van der Waals surface area contributed by atoms with Gasteiger partial charge in [-0.15, -0.1) is 0 Å². The molecule has 1 fully saturated rings. The van der Waals surface area contributed by atoms with Crippen molar-refractivity contribution in [3.05, 3.63) is 82.9 Å². The van der Waals surface area contributed by atoms with Crippen LogP contribution in [0, 0.1) is 12.8 Å². The lowest BCUT2D eigenvalue weighted by atomic mass is 9.84. The highest BCUT2D eigenvalue weighted by Gasteiger charge is 2.24. The van der Waals surface area contributed by atoms with Crippen LogP contribution < -0.4 is 0 Å². The molecule has 6 nitrogen and oxygen atoms in total. The Morgan fingerprint density at radius 3 is 2.18 bits per heavy atom. The molecule has 0 bridgehead atoms. The van der Waals surface area contributed by atoms with Gasteiger partial charge in [-0.05, 0) is 55.7 Å². The molecule has 0 N–H and O–H groups in total. The highest BCUT2D eigenvalue weighted by molar-refractivity contribution is 6.46. The van der Waals surface area contributed by atoms with Crippen LogP contribution in [-0.2, 0) is 21.0 Å². The number of carbonyl (C=O) groups is 3. The first-order valence-electron chi connectivity index (χ1n) is 13.8. The van der Waals surface area contributed by atoms with Crippen molar-refractivity contribution in [1.82, 2.24) is 4.57 Å². The van der Waals surface area contributed by atoms with Gasteiger partial charge in [-0.2, -0.15) is 0 Å². The Kier molecular flexibility index (Phi) is 7.73. The number of benzene rings is 3. The summed E-state index contributed by atoms with van der Waals surface area (Å²) in [6, 6.07) is 19.2. The van der Waals surface area contributed by atoms with E-state index in [2.05, 4.69) is 16.6 Å². The molecule has 0 unspecified atom stereocenters. The van der Waals surface area contributed by atoms with Crippen molar-refractivity contribution in [2.75, 3.05) is 0 Å². The zero-order chi connectivity index (χ0) is 27.5. The maximum Gasteiger partial charge on any atom is 0.332 e. The van der Waals surface area contributed by atoms with Crippen molar-refractivity contribution in [3.8, 4) is 0 Å². The van der Waals surface area contributed by atoms with Crippen molar-refractivity contribution in [3.63, 3.8) is 0 Å². The number of rotatable bonds is 8. The molecule has 0 saturated heterocycles. The molecule has 1 aliphatic carbocycles. The third-order valence-corrected chi connectivity index (χ3v) is 7.83. The second kappa shape index (κ2) is 11.4. The fraction of sp³-hybridized carbons (Fsp3) is 0.333. The maximum absolute atomic E-state index is 13.4. The molecule has 200 valence electrons. The van der Waals surface area contributed by atoms with Gasteiger partial charge in [-0.25, -0.2) is 4.79 Å². The second-order valence-electron chi connectivity index (χ2n) is 10.5. The molecular weight excluding hydrogens is 488 g/mol. The topological polar surface area (TPSA) is 77.7 Å². The molecule has 0 amide bonds. The number of oxime groups is 1. The van der Waals surface area contributed by atoms with E-state index in [1.54, 1.807) is 0 Å². The number of aromatic nitrogens is 1. The Balaban J connectivity index is 1.60. The largest absolute Gasteiger partial charge is 0.341 e. The standard InChI is InChI=1S/C33H34N2O4/c1-4-35-29-16-14-24(32(34-39-22(3)36)31(37)18-23-11-6-5-7-12-23)19-27(29)28-20-25(15-17-30(28)35)33(38)26-13-9-8-10-21(26)2/h8-10,13-17,19-20,23H,4-7,11-12,18H2,1-3H3. The molecule has 5 rings (SSSR count). The molecule has 3 aromatic carbocycles. The lowest BCUT2D eigenvalue weighted by Crippen LogP contribution is -2.21. The van der Waals surface area contributed by atoms with E-state index in [0.717, 1.165) is 59.6 Å². The number of aryl methyl sites for hydroxylation is 2. The number of nitrogens with zero attached hydrogens (tertiary/aromatic N) is 2.